The van der Waals surface area contributed by atoms with E-state index < -0.39 is 29.6 Å². The van der Waals surface area contributed by atoms with Gasteiger partial charge in [-0.25, -0.2) is 0 Å². The highest BCUT2D eigenvalue weighted by Crippen LogP contribution is 2.67. The van der Waals surface area contributed by atoms with Gasteiger partial charge in [0.1, 0.15) is 24.1 Å². The first-order chi connectivity index (χ1) is 15.9. The molecule has 0 aromatic heterocycles. The van der Waals surface area contributed by atoms with Crippen molar-refractivity contribution in [3.8, 4) is 0 Å². The van der Waals surface area contributed by atoms with Crippen LogP contribution in [0, 0.1) is 34.5 Å². The number of carbonyl (C=O) groups excluding carboxylic acids is 4. The number of fused-ring (bicyclic) bond motifs is 5. The van der Waals surface area contributed by atoms with Crippen LogP contribution < -0.4 is 0 Å². The molecule has 0 aromatic rings. The zero-order valence-electron chi connectivity index (χ0n) is 21.2. The van der Waals surface area contributed by atoms with Crippen LogP contribution in [0.1, 0.15) is 80.1 Å². The third kappa shape index (κ3) is 3.89. The molecule has 0 saturated heterocycles. The van der Waals surface area contributed by atoms with Crippen LogP contribution in [0.4, 0.5) is 0 Å². The van der Waals surface area contributed by atoms with Crippen molar-refractivity contribution in [2.75, 3.05) is 0 Å². The number of allylic oxidation sites excluding steroid dienone is 1. The summed E-state index contributed by atoms with van der Waals surface area (Å²) < 4.78 is 17.6. The van der Waals surface area contributed by atoms with E-state index in [4.69, 9.17) is 14.2 Å². The van der Waals surface area contributed by atoms with Gasteiger partial charge in [-0.2, -0.15) is 0 Å². The van der Waals surface area contributed by atoms with Crippen molar-refractivity contribution >= 4 is 23.7 Å². The molecular weight excluding hydrogens is 436 g/mol. The van der Waals surface area contributed by atoms with E-state index >= 15 is 0 Å². The van der Waals surface area contributed by atoms with E-state index in [0.29, 0.717) is 12.3 Å². The lowest BCUT2D eigenvalue weighted by Gasteiger charge is -2.63. The number of hydrogen-bond donors (Lipinski definition) is 0. The highest BCUT2D eigenvalue weighted by molar-refractivity contribution is 5.81. The second-order valence-corrected chi connectivity index (χ2v) is 11.4. The second-order valence-electron chi connectivity index (χ2n) is 11.4. The van der Waals surface area contributed by atoms with Gasteiger partial charge in [-0.15, -0.1) is 0 Å². The van der Waals surface area contributed by atoms with Crippen LogP contribution in [-0.2, 0) is 33.4 Å². The van der Waals surface area contributed by atoms with E-state index in [0.717, 1.165) is 32.1 Å². The minimum Gasteiger partial charge on any atom is -0.463 e. The first-order valence-electron chi connectivity index (χ1n) is 12.6. The Kier molecular flexibility index (Phi) is 6.45. The maximum atomic E-state index is 12.7. The maximum absolute atomic E-state index is 12.7. The molecule has 1 unspecified atom stereocenters. The molecular formula is C27H38O7. The summed E-state index contributed by atoms with van der Waals surface area (Å²) in [4.78, 5) is 49.0. The Morgan fingerprint density at radius 1 is 0.882 bits per heavy atom. The molecule has 3 saturated carbocycles. The third-order valence-electron chi connectivity index (χ3n) is 9.49. The summed E-state index contributed by atoms with van der Waals surface area (Å²) in [5.41, 5.74) is 0.319. The Labute approximate surface area is 202 Å². The molecule has 7 nitrogen and oxygen atoms in total. The fourth-order valence-corrected chi connectivity index (χ4v) is 8.22. The molecule has 0 aromatic carbocycles. The molecule has 0 heterocycles. The molecule has 7 heteroatoms. The van der Waals surface area contributed by atoms with Crippen molar-refractivity contribution in [3.63, 3.8) is 0 Å². The average Bonchev–Trinajstić information content (AvgIpc) is 3.08. The first kappa shape index (κ1) is 24.9. The summed E-state index contributed by atoms with van der Waals surface area (Å²) in [6.45, 7) is 10.1. The van der Waals surface area contributed by atoms with Gasteiger partial charge in [0, 0.05) is 38.0 Å². The summed E-state index contributed by atoms with van der Waals surface area (Å²) in [6, 6.07) is 0. The van der Waals surface area contributed by atoms with Gasteiger partial charge in [-0.05, 0) is 62.7 Å². The number of ketones is 1. The molecule has 0 amide bonds. The molecule has 9 atom stereocenters. The van der Waals surface area contributed by atoms with Crippen LogP contribution in [0.2, 0.25) is 0 Å². The topological polar surface area (TPSA) is 96.0 Å². The molecule has 0 spiro atoms. The zero-order chi connectivity index (χ0) is 25.0. The minimum atomic E-state index is -0.723. The normalized spacial score (nSPS) is 42.9. The molecule has 4 aliphatic rings. The van der Waals surface area contributed by atoms with Crippen LogP contribution in [0.5, 0.6) is 0 Å². The van der Waals surface area contributed by atoms with Crippen molar-refractivity contribution < 1.29 is 33.4 Å². The fraction of sp³-hybridized carbons (Fsp3) is 0.778. The Morgan fingerprint density at radius 2 is 1.53 bits per heavy atom. The van der Waals surface area contributed by atoms with Gasteiger partial charge < -0.3 is 14.2 Å². The number of rotatable bonds is 4. The van der Waals surface area contributed by atoms with Crippen LogP contribution >= 0.6 is 0 Å². The van der Waals surface area contributed by atoms with Crippen molar-refractivity contribution in [3.05, 3.63) is 11.6 Å². The smallest absolute Gasteiger partial charge is 0.303 e. The summed E-state index contributed by atoms with van der Waals surface area (Å²) in [5.74, 6) is -0.934. The number of carbonyl (C=O) groups is 4. The van der Waals surface area contributed by atoms with E-state index in [1.807, 2.05) is 6.92 Å². The quantitative estimate of drug-likeness (QED) is 0.343. The summed E-state index contributed by atoms with van der Waals surface area (Å²) >= 11 is 0. The van der Waals surface area contributed by atoms with Crippen molar-refractivity contribution in [2.24, 2.45) is 34.5 Å². The lowest BCUT2D eigenvalue weighted by Crippen LogP contribution is -2.65. The predicted octanol–water partition coefficient (Wildman–Crippen LogP) is 4.17. The van der Waals surface area contributed by atoms with Gasteiger partial charge >= 0.3 is 17.9 Å². The van der Waals surface area contributed by atoms with Crippen LogP contribution in [-0.4, -0.2) is 42.0 Å². The number of hydrogen-bond acceptors (Lipinski definition) is 7. The molecule has 4 aliphatic carbocycles. The standard InChI is InChI=1S/C27H38O7/c1-14(28)21-9-10-22-20-8-7-18-13-19(32-15(2)29)11-12-26(18,5)23(20)24(33-16(3)30)25(27(21,22)6)34-17(4)31/h10,18-21,23-25H,7-9,11-13H2,1-6H3/t18?,19-,20-,21+,23+,24-,25-,26-,27+/m0/s1. The van der Waals surface area contributed by atoms with E-state index in [-0.39, 0.29) is 41.0 Å². The fourth-order valence-electron chi connectivity index (χ4n) is 8.22. The van der Waals surface area contributed by atoms with Gasteiger partial charge in [-0.1, -0.05) is 25.5 Å². The number of ether oxygens (including phenoxy) is 3. The highest BCUT2D eigenvalue weighted by atomic mass is 16.6. The van der Waals surface area contributed by atoms with E-state index in [9.17, 15) is 19.2 Å². The Balaban J connectivity index is 1.79. The molecule has 3 fully saturated rings. The molecule has 4 rings (SSSR count). The monoisotopic (exact) mass is 474 g/mol. The van der Waals surface area contributed by atoms with Crippen molar-refractivity contribution in [1.82, 2.24) is 0 Å². The van der Waals surface area contributed by atoms with Gasteiger partial charge in [0.15, 0.2) is 0 Å². The van der Waals surface area contributed by atoms with E-state index in [2.05, 4.69) is 13.0 Å². The van der Waals surface area contributed by atoms with Gasteiger partial charge in [0.05, 0.1) is 0 Å². The number of Topliss-reactive ketones (excluding diaryl/α,β-unsaturated/α-hetero) is 1. The first-order valence-corrected chi connectivity index (χ1v) is 12.6. The third-order valence-corrected chi connectivity index (χ3v) is 9.49. The molecule has 0 radical (unpaired) electrons. The SMILES string of the molecule is CC(=O)O[C@H]1CC[C@@]2(C)C(CC[C@H]3C4=CC[C@H](C(C)=O)[C@@]4(C)[C@@H](OC(C)=O)[C@@H](OC(C)=O)[C@@H]32)C1. The van der Waals surface area contributed by atoms with E-state index in [1.54, 1.807) is 6.92 Å². The lowest BCUT2D eigenvalue weighted by molar-refractivity contribution is -0.218. The number of esters is 3. The largest absolute Gasteiger partial charge is 0.463 e. The van der Waals surface area contributed by atoms with Crippen molar-refractivity contribution in [2.45, 2.75) is 98.4 Å². The maximum Gasteiger partial charge on any atom is 0.303 e. The highest BCUT2D eigenvalue weighted by Gasteiger charge is 2.67. The van der Waals surface area contributed by atoms with Gasteiger partial charge in [0.2, 0.25) is 0 Å². The molecule has 188 valence electrons. The zero-order valence-corrected chi connectivity index (χ0v) is 21.2. The predicted molar refractivity (Wildman–Crippen MR) is 123 cm³/mol. The van der Waals surface area contributed by atoms with Crippen molar-refractivity contribution in [1.29, 1.82) is 0 Å². The lowest BCUT2D eigenvalue weighted by atomic mass is 9.44. The van der Waals surface area contributed by atoms with Crippen LogP contribution in [0.15, 0.2) is 11.6 Å². The Hall–Kier alpha value is -2.18. The average molecular weight is 475 g/mol. The summed E-state index contributed by atoms with van der Waals surface area (Å²) in [5, 5.41) is 0. The summed E-state index contributed by atoms with van der Waals surface area (Å²) in [6.07, 6.45) is 5.64. The van der Waals surface area contributed by atoms with Gasteiger partial charge in [0.25, 0.3) is 0 Å². The summed E-state index contributed by atoms with van der Waals surface area (Å²) in [7, 11) is 0. The minimum absolute atomic E-state index is 0.0391. The van der Waals surface area contributed by atoms with Crippen LogP contribution in [0.3, 0.4) is 0 Å². The molecule has 0 N–H and O–H groups in total. The molecule has 0 bridgehead atoms. The molecule has 34 heavy (non-hydrogen) atoms. The Morgan fingerprint density at radius 3 is 2.12 bits per heavy atom. The Bertz CT molecular complexity index is 922. The van der Waals surface area contributed by atoms with Gasteiger partial charge in [-0.3, -0.25) is 19.2 Å². The van der Waals surface area contributed by atoms with Crippen LogP contribution in [0.25, 0.3) is 0 Å². The van der Waals surface area contributed by atoms with E-state index in [1.165, 1.54) is 26.3 Å². The second kappa shape index (κ2) is 8.80. The molecule has 0 aliphatic heterocycles.